The molecule has 94 valence electrons. The minimum atomic E-state index is -0.724. The van der Waals surface area contributed by atoms with E-state index in [9.17, 15) is 9.59 Å². The van der Waals surface area contributed by atoms with Gasteiger partial charge in [0, 0.05) is 0 Å². The molecule has 0 saturated carbocycles. The van der Waals surface area contributed by atoms with Crippen LogP contribution in [0.3, 0.4) is 0 Å². The van der Waals surface area contributed by atoms with E-state index in [0.717, 1.165) is 0 Å². The zero-order valence-corrected chi connectivity index (χ0v) is 10.3. The van der Waals surface area contributed by atoms with Gasteiger partial charge >= 0.3 is 6.09 Å². The summed E-state index contributed by atoms with van der Waals surface area (Å²) in [6, 6.07) is 6.63. The van der Waals surface area contributed by atoms with Gasteiger partial charge in [0.15, 0.2) is 0 Å². The van der Waals surface area contributed by atoms with Crippen LogP contribution in [-0.2, 0) is 4.74 Å². The average molecular weight is 268 g/mol. The largest absolute Gasteiger partial charge is 0.450 e. The van der Waals surface area contributed by atoms with Crippen LogP contribution in [0.15, 0.2) is 33.5 Å². The smallest absolute Gasteiger partial charge is 0.414 e. The molecule has 0 aliphatic heterocycles. The molecule has 5 nitrogen and oxygen atoms in total. The maximum atomic E-state index is 11.9. The van der Waals surface area contributed by atoms with Gasteiger partial charge in [0.25, 0.3) is 0 Å². The third-order valence-corrected chi connectivity index (χ3v) is 2.58. The molecule has 0 saturated heterocycles. The van der Waals surface area contributed by atoms with Crippen LogP contribution in [0.2, 0.25) is 5.02 Å². The van der Waals surface area contributed by atoms with Gasteiger partial charge < -0.3 is 9.15 Å². The number of carbonyl (C=O) groups is 1. The van der Waals surface area contributed by atoms with Crippen molar-refractivity contribution in [1.82, 2.24) is 0 Å². The Labute approximate surface area is 107 Å². The van der Waals surface area contributed by atoms with E-state index in [1.807, 2.05) is 0 Å². The van der Waals surface area contributed by atoms with Gasteiger partial charge in [-0.1, -0.05) is 23.7 Å². The highest BCUT2D eigenvalue weighted by atomic mass is 35.5. The number of carbonyl (C=O) groups excluding carboxylic acids is 1. The van der Waals surface area contributed by atoms with Crippen LogP contribution < -0.4 is 10.7 Å². The second kappa shape index (κ2) is 5.10. The zero-order chi connectivity index (χ0) is 13.1. The molecule has 0 radical (unpaired) electrons. The molecule has 0 unspecified atom stereocenters. The lowest BCUT2D eigenvalue weighted by atomic mass is 10.2. The lowest BCUT2D eigenvalue weighted by Crippen LogP contribution is -2.16. The third kappa shape index (κ3) is 2.31. The van der Waals surface area contributed by atoms with Crippen molar-refractivity contribution in [3.63, 3.8) is 0 Å². The van der Waals surface area contributed by atoms with E-state index < -0.39 is 11.5 Å². The number of ether oxygens (including phenoxy) is 1. The molecule has 1 aromatic carbocycles. The fourth-order valence-electron chi connectivity index (χ4n) is 1.46. The molecule has 1 heterocycles. The summed E-state index contributed by atoms with van der Waals surface area (Å²) in [5.41, 5.74) is -0.0518. The summed E-state index contributed by atoms with van der Waals surface area (Å²) in [6.07, 6.45) is -0.724. The maximum Gasteiger partial charge on any atom is 0.414 e. The summed E-state index contributed by atoms with van der Waals surface area (Å²) in [5.74, 6) is -0.112. The molecule has 1 aromatic heterocycles. The van der Waals surface area contributed by atoms with E-state index >= 15 is 0 Å². The summed E-state index contributed by atoms with van der Waals surface area (Å²) in [4.78, 5) is 23.2. The predicted octanol–water partition coefficient (Wildman–Crippen LogP) is 3.01. The molecule has 0 atom stereocenters. The standard InChI is InChI=1S/C12H10ClNO4/c1-2-17-12(16)14-11-9(13)10(15)7-5-3-4-6-8(7)18-11/h3-6H,2H2,1H3,(H,14,16). The van der Waals surface area contributed by atoms with Gasteiger partial charge in [-0.15, -0.1) is 0 Å². The highest BCUT2D eigenvalue weighted by molar-refractivity contribution is 6.33. The van der Waals surface area contributed by atoms with E-state index in [1.165, 1.54) is 0 Å². The van der Waals surface area contributed by atoms with Gasteiger partial charge in [0.05, 0.1) is 12.0 Å². The Kier molecular flexibility index (Phi) is 3.53. The first kappa shape index (κ1) is 12.4. The minimum Gasteiger partial charge on any atom is -0.450 e. The van der Waals surface area contributed by atoms with Crippen LogP contribution >= 0.6 is 11.6 Å². The molecule has 6 heteroatoms. The van der Waals surface area contributed by atoms with E-state index in [2.05, 4.69) is 10.1 Å². The Morgan fingerprint density at radius 1 is 1.44 bits per heavy atom. The maximum absolute atomic E-state index is 11.9. The first-order valence-corrected chi connectivity index (χ1v) is 5.66. The minimum absolute atomic E-state index is 0.112. The summed E-state index contributed by atoms with van der Waals surface area (Å²) < 4.78 is 10.0. The fourth-order valence-corrected chi connectivity index (χ4v) is 1.65. The molecule has 1 amide bonds. The molecule has 2 rings (SSSR count). The zero-order valence-electron chi connectivity index (χ0n) is 9.53. The van der Waals surface area contributed by atoms with Gasteiger partial charge in [-0.05, 0) is 19.1 Å². The first-order valence-electron chi connectivity index (χ1n) is 5.28. The third-order valence-electron chi connectivity index (χ3n) is 2.23. The number of benzene rings is 1. The van der Waals surface area contributed by atoms with E-state index in [0.29, 0.717) is 11.0 Å². The fraction of sp³-hybridized carbons (Fsp3) is 0.167. The second-order valence-electron chi connectivity index (χ2n) is 3.42. The molecule has 0 fully saturated rings. The lowest BCUT2D eigenvalue weighted by Gasteiger charge is -2.06. The topological polar surface area (TPSA) is 68.5 Å². The van der Waals surface area contributed by atoms with Crippen molar-refractivity contribution in [3.05, 3.63) is 39.5 Å². The number of amides is 1. The molecular weight excluding hydrogens is 258 g/mol. The monoisotopic (exact) mass is 267 g/mol. The Morgan fingerprint density at radius 3 is 2.89 bits per heavy atom. The van der Waals surface area contributed by atoms with Crippen LogP contribution in [0.25, 0.3) is 11.0 Å². The van der Waals surface area contributed by atoms with Crippen LogP contribution in [0.1, 0.15) is 6.92 Å². The van der Waals surface area contributed by atoms with Gasteiger partial charge in [0.2, 0.25) is 11.3 Å². The Balaban J connectivity index is 2.49. The molecule has 0 aliphatic carbocycles. The normalized spacial score (nSPS) is 10.3. The van der Waals surface area contributed by atoms with Crippen LogP contribution in [0, 0.1) is 0 Å². The van der Waals surface area contributed by atoms with Gasteiger partial charge in [0.1, 0.15) is 10.6 Å². The number of fused-ring (bicyclic) bond motifs is 1. The van der Waals surface area contributed by atoms with Crippen molar-refractivity contribution in [2.75, 3.05) is 11.9 Å². The molecular formula is C12H10ClNO4. The number of hydrogen-bond acceptors (Lipinski definition) is 4. The van der Waals surface area contributed by atoms with Crippen molar-refractivity contribution < 1.29 is 13.9 Å². The quantitative estimate of drug-likeness (QED) is 0.908. The van der Waals surface area contributed by atoms with Crippen LogP contribution in [0.4, 0.5) is 10.7 Å². The van der Waals surface area contributed by atoms with Crippen molar-refractivity contribution in [2.24, 2.45) is 0 Å². The molecule has 1 N–H and O–H groups in total. The highest BCUT2D eigenvalue weighted by Gasteiger charge is 2.14. The van der Waals surface area contributed by atoms with E-state index in [-0.39, 0.29) is 17.5 Å². The number of halogens is 1. The number of para-hydroxylation sites is 1. The van der Waals surface area contributed by atoms with Crippen molar-refractivity contribution in [1.29, 1.82) is 0 Å². The average Bonchev–Trinajstić information content (AvgIpc) is 2.36. The van der Waals surface area contributed by atoms with Crippen molar-refractivity contribution >= 4 is 34.5 Å². The van der Waals surface area contributed by atoms with E-state index in [4.69, 9.17) is 16.0 Å². The summed E-state index contributed by atoms with van der Waals surface area (Å²) in [7, 11) is 0. The second-order valence-corrected chi connectivity index (χ2v) is 3.79. The van der Waals surface area contributed by atoms with Crippen LogP contribution in [0.5, 0.6) is 0 Å². The van der Waals surface area contributed by atoms with Gasteiger partial charge in [-0.2, -0.15) is 0 Å². The summed E-state index contributed by atoms with van der Waals surface area (Å²) >= 11 is 5.84. The van der Waals surface area contributed by atoms with E-state index in [1.54, 1.807) is 31.2 Å². The highest BCUT2D eigenvalue weighted by Crippen LogP contribution is 2.23. The number of nitrogens with one attached hydrogen (secondary N) is 1. The Morgan fingerprint density at radius 2 is 2.17 bits per heavy atom. The number of rotatable bonds is 2. The van der Waals surface area contributed by atoms with Gasteiger partial charge in [-0.25, -0.2) is 4.79 Å². The molecule has 0 bridgehead atoms. The summed E-state index contributed by atoms with van der Waals surface area (Å²) in [6.45, 7) is 1.87. The SMILES string of the molecule is CCOC(=O)Nc1oc2ccccc2c(=O)c1Cl. The lowest BCUT2D eigenvalue weighted by molar-refractivity contribution is 0.167. The molecule has 2 aromatic rings. The Bertz CT molecular complexity index is 650. The van der Waals surface area contributed by atoms with Crippen molar-refractivity contribution in [2.45, 2.75) is 6.92 Å². The Hall–Kier alpha value is -2.01. The molecule has 0 aliphatic rings. The summed E-state index contributed by atoms with van der Waals surface area (Å²) in [5, 5.41) is 2.46. The molecule has 18 heavy (non-hydrogen) atoms. The first-order chi connectivity index (χ1) is 8.63. The number of anilines is 1. The molecule has 0 spiro atoms. The van der Waals surface area contributed by atoms with Crippen LogP contribution in [-0.4, -0.2) is 12.7 Å². The predicted molar refractivity (Wildman–Crippen MR) is 68.1 cm³/mol. The van der Waals surface area contributed by atoms with Crippen molar-refractivity contribution in [3.8, 4) is 0 Å². The van der Waals surface area contributed by atoms with Gasteiger partial charge in [-0.3, -0.25) is 10.1 Å². The number of hydrogen-bond donors (Lipinski definition) is 1.